The monoisotopic (exact) mass is 320 g/mol. The number of anilines is 1. The molecule has 0 aliphatic heterocycles. The van der Waals surface area contributed by atoms with Gasteiger partial charge in [-0.05, 0) is 12.1 Å². The van der Waals surface area contributed by atoms with Crippen LogP contribution in [0.2, 0.25) is 5.02 Å². The van der Waals surface area contributed by atoms with Crippen LogP contribution in [0.3, 0.4) is 0 Å². The van der Waals surface area contributed by atoms with E-state index in [4.69, 9.17) is 16.7 Å². The molecule has 20 heavy (non-hydrogen) atoms. The second kappa shape index (κ2) is 5.68. The summed E-state index contributed by atoms with van der Waals surface area (Å²) in [7, 11) is -0.783. The summed E-state index contributed by atoms with van der Waals surface area (Å²) in [6.45, 7) is 0. The van der Waals surface area contributed by atoms with Crippen LogP contribution >= 0.6 is 11.6 Å². The minimum absolute atomic E-state index is 0.243. The lowest BCUT2D eigenvalue weighted by atomic mass is 10.2. The Bertz CT molecular complexity index is 670. The van der Waals surface area contributed by atoms with E-state index in [9.17, 15) is 18.0 Å². The Morgan fingerprint density at radius 1 is 1.30 bits per heavy atom. The lowest BCUT2D eigenvalue weighted by molar-refractivity contribution is 0.0697. The molecule has 0 aliphatic carbocycles. The molecular formula is C11H13ClN2O5S. The van der Waals surface area contributed by atoms with E-state index in [2.05, 4.69) is 5.32 Å². The van der Waals surface area contributed by atoms with Crippen LogP contribution in [0.25, 0.3) is 0 Å². The van der Waals surface area contributed by atoms with Gasteiger partial charge in [0.05, 0.1) is 21.2 Å². The molecule has 0 unspecified atom stereocenters. The molecule has 2 N–H and O–H groups in total. The number of sulfone groups is 1. The molecule has 0 radical (unpaired) electrons. The standard InChI is InChI=1S/C11H13ClN2O5S/c1-14(2)11(17)13-9-7(20(3,18)19)5-4-6(8(9)12)10(15)16/h4-5H,1-3H3,(H,13,17)(H,15,16). The minimum Gasteiger partial charge on any atom is -0.478 e. The quantitative estimate of drug-likeness (QED) is 0.879. The van der Waals surface area contributed by atoms with E-state index in [1.54, 1.807) is 0 Å². The average Bonchev–Trinajstić information content (AvgIpc) is 2.29. The van der Waals surface area contributed by atoms with Crippen LogP contribution < -0.4 is 5.32 Å². The van der Waals surface area contributed by atoms with Crippen molar-refractivity contribution in [2.24, 2.45) is 0 Å². The van der Waals surface area contributed by atoms with Gasteiger partial charge in [0.2, 0.25) is 0 Å². The molecule has 9 heteroatoms. The van der Waals surface area contributed by atoms with Gasteiger partial charge in [-0.3, -0.25) is 0 Å². The first-order valence-corrected chi connectivity index (χ1v) is 7.56. The second-order valence-corrected chi connectivity index (χ2v) is 6.56. The van der Waals surface area contributed by atoms with Crippen LogP contribution in [0.15, 0.2) is 17.0 Å². The summed E-state index contributed by atoms with van der Waals surface area (Å²) < 4.78 is 23.3. The number of carboxylic acids is 1. The number of carboxylic acid groups (broad SMARTS) is 1. The predicted molar refractivity (Wildman–Crippen MR) is 74.2 cm³/mol. The van der Waals surface area contributed by atoms with Gasteiger partial charge in [0.25, 0.3) is 0 Å². The molecule has 110 valence electrons. The summed E-state index contributed by atoms with van der Waals surface area (Å²) in [5.74, 6) is -1.32. The van der Waals surface area contributed by atoms with Crippen molar-refractivity contribution in [1.82, 2.24) is 4.90 Å². The van der Waals surface area contributed by atoms with Crippen molar-refractivity contribution in [2.75, 3.05) is 25.7 Å². The van der Waals surface area contributed by atoms with Gasteiger partial charge < -0.3 is 15.3 Å². The van der Waals surface area contributed by atoms with E-state index in [1.165, 1.54) is 14.1 Å². The maximum Gasteiger partial charge on any atom is 0.337 e. The molecule has 7 nitrogen and oxygen atoms in total. The van der Waals surface area contributed by atoms with Crippen molar-refractivity contribution in [3.05, 3.63) is 22.7 Å². The molecule has 0 saturated heterocycles. The van der Waals surface area contributed by atoms with Crippen molar-refractivity contribution in [3.8, 4) is 0 Å². The fraction of sp³-hybridized carbons (Fsp3) is 0.273. The van der Waals surface area contributed by atoms with Gasteiger partial charge in [-0.1, -0.05) is 11.6 Å². The number of rotatable bonds is 3. The Labute approximate surface area is 121 Å². The van der Waals surface area contributed by atoms with Crippen molar-refractivity contribution in [1.29, 1.82) is 0 Å². The first kappa shape index (κ1) is 16.3. The number of carbonyl (C=O) groups is 2. The fourth-order valence-electron chi connectivity index (χ4n) is 1.37. The van der Waals surface area contributed by atoms with E-state index >= 15 is 0 Å². The maximum atomic E-state index is 11.7. The highest BCUT2D eigenvalue weighted by Crippen LogP contribution is 2.33. The Kier molecular flexibility index (Phi) is 4.61. The molecule has 0 fully saturated rings. The van der Waals surface area contributed by atoms with Gasteiger partial charge in [0, 0.05) is 20.4 Å². The number of urea groups is 1. The number of nitrogens with zero attached hydrogens (tertiary/aromatic N) is 1. The number of halogens is 1. The van der Waals surface area contributed by atoms with E-state index in [0.717, 1.165) is 23.3 Å². The molecule has 0 aromatic heterocycles. The Morgan fingerprint density at radius 2 is 1.85 bits per heavy atom. The minimum atomic E-state index is -3.68. The zero-order valence-electron chi connectivity index (χ0n) is 11.0. The van der Waals surface area contributed by atoms with Gasteiger partial charge in [0.1, 0.15) is 0 Å². The fourth-order valence-corrected chi connectivity index (χ4v) is 2.56. The number of aromatic carboxylic acids is 1. The highest BCUT2D eigenvalue weighted by Gasteiger charge is 2.23. The number of carbonyl (C=O) groups excluding carboxylic acids is 1. The van der Waals surface area contributed by atoms with E-state index in [1.807, 2.05) is 0 Å². The lowest BCUT2D eigenvalue weighted by Gasteiger charge is -2.16. The zero-order chi connectivity index (χ0) is 15.7. The van der Waals surface area contributed by atoms with Gasteiger partial charge in [-0.25, -0.2) is 18.0 Å². The van der Waals surface area contributed by atoms with Crippen molar-refractivity contribution >= 4 is 39.1 Å². The summed E-state index contributed by atoms with van der Waals surface area (Å²) in [6, 6.07) is 1.54. The number of hydrogen-bond acceptors (Lipinski definition) is 4. The maximum absolute atomic E-state index is 11.7. The number of amides is 2. The normalized spacial score (nSPS) is 11.0. The highest BCUT2D eigenvalue weighted by atomic mass is 35.5. The van der Waals surface area contributed by atoms with Crippen LogP contribution in [-0.4, -0.2) is 50.8 Å². The molecule has 0 aliphatic rings. The lowest BCUT2D eigenvalue weighted by Crippen LogP contribution is -2.28. The Morgan fingerprint density at radius 3 is 2.25 bits per heavy atom. The first-order valence-electron chi connectivity index (χ1n) is 5.30. The van der Waals surface area contributed by atoms with Crippen LogP contribution in [-0.2, 0) is 9.84 Å². The number of benzene rings is 1. The van der Waals surface area contributed by atoms with Crippen LogP contribution in [0.1, 0.15) is 10.4 Å². The molecule has 0 atom stereocenters. The van der Waals surface area contributed by atoms with Crippen LogP contribution in [0.4, 0.5) is 10.5 Å². The SMILES string of the molecule is CN(C)C(=O)Nc1c(S(C)(=O)=O)ccc(C(=O)O)c1Cl. The Hall–Kier alpha value is -1.80. The van der Waals surface area contributed by atoms with Gasteiger partial charge >= 0.3 is 12.0 Å². The smallest absolute Gasteiger partial charge is 0.337 e. The van der Waals surface area contributed by atoms with E-state index < -0.39 is 21.8 Å². The Balaban J connectivity index is 3.53. The largest absolute Gasteiger partial charge is 0.478 e. The van der Waals surface area contributed by atoms with Crippen molar-refractivity contribution < 1.29 is 23.1 Å². The third-order valence-corrected chi connectivity index (χ3v) is 3.90. The van der Waals surface area contributed by atoms with E-state index in [-0.39, 0.29) is 21.2 Å². The molecule has 0 spiro atoms. The zero-order valence-corrected chi connectivity index (χ0v) is 12.5. The van der Waals surface area contributed by atoms with Gasteiger partial charge in [-0.2, -0.15) is 0 Å². The summed E-state index contributed by atoms with van der Waals surface area (Å²) >= 11 is 5.89. The summed E-state index contributed by atoms with van der Waals surface area (Å²) in [5.41, 5.74) is -0.541. The third-order valence-electron chi connectivity index (χ3n) is 2.37. The molecule has 1 rings (SSSR count). The van der Waals surface area contributed by atoms with E-state index in [0.29, 0.717) is 0 Å². The topological polar surface area (TPSA) is 104 Å². The van der Waals surface area contributed by atoms with Gasteiger partial charge in [-0.15, -0.1) is 0 Å². The molecular weight excluding hydrogens is 308 g/mol. The molecule has 0 bridgehead atoms. The highest BCUT2D eigenvalue weighted by molar-refractivity contribution is 7.90. The van der Waals surface area contributed by atoms with Crippen molar-refractivity contribution in [3.63, 3.8) is 0 Å². The van der Waals surface area contributed by atoms with Crippen LogP contribution in [0.5, 0.6) is 0 Å². The second-order valence-electron chi connectivity index (χ2n) is 4.20. The molecule has 2 amide bonds. The average molecular weight is 321 g/mol. The molecule has 0 saturated carbocycles. The summed E-state index contributed by atoms with van der Waals surface area (Å²) in [6.07, 6.45) is 0.935. The molecule has 0 heterocycles. The first-order chi connectivity index (χ1) is 9.05. The summed E-state index contributed by atoms with van der Waals surface area (Å²) in [4.78, 5) is 23.6. The third kappa shape index (κ3) is 3.40. The number of hydrogen-bond donors (Lipinski definition) is 2. The predicted octanol–water partition coefficient (Wildman–Crippen LogP) is 1.54. The number of nitrogens with one attached hydrogen (secondary N) is 1. The summed E-state index contributed by atoms with van der Waals surface area (Å²) in [5, 5.41) is 10.9. The van der Waals surface area contributed by atoms with Crippen molar-refractivity contribution in [2.45, 2.75) is 4.90 Å². The van der Waals surface area contributed by atoms with Crippen LogP contribution in [0, 0.1) is 0 Å². The van der Waals surface area contributed by atoms with Gasteiger partial charge in [0.15, 0.2) is 9.84 Å². The molecule has 1 aromatic rings. The molecule has 1 aromatic carbocycles.